The molecular weight excluding hydrogens is 338 g/mol. The molecule has 0 aliphatic carbocycles. The van der Waals surface area contributed by atoms with Gasteiger partial charge in [0, 0.05) is 28.0 Å². The van der Waals surface area contributed by atoms with Crippen molar-refractivity contribution in [2.45, 2.75) is 13.3 Å². The summed E-state index contributed by atoms with van der Waals surface area (Å²) in [5.74, 6) is -0.430. The average molecular weight is 350 g/mol. The second-order valence-corrected chi connectivity index (χ2v) is 5.10. The molecule has 0 spiro atoms. The van der Waals surface area contributed by atoms with Crippen LogP contribution in [0.5, 0.6) is 0 Å². The number of amides is 1. The summed E-state index contributed by atoms with van der Waals surface area (Å²) < 4.78 is 0.558. The number of benzene rings is 1. The SMILES string of the molecule is CCc1ccc(NC(=O)c2ncccc2Br)cc1[N+](=O)[O-]. The van der Waals surface area contributed by atoms with Gasteiger partial charge in [0.05, 0.1) is 4.92 Å². The van der Waals surface area contributed by atoms with Gasteiger partial charge in [0.25, 0.3) is 11.6 Å². The molecule has 0 aliphatic heterocycles. The van der Waals surface area contributed by atoms with Gasteiger partial charge in [0.15, 0.2) is 0 Å². The van der Waals surface area contributed by atoms with Gasteiger partial charge in [-0.25, -0.2) is 4.98 Å². The van der Waals surface area contributed by atoms with Gasteiger partial charge in [0.2, 0.25) is 0 Å². The van der Waals surface area contributed by atoms with Crippen LogP contribution in [0, 0.1) is 10.1 Å². The van der Waals surface area contributed by atoms with E-state index in [1.807, 2.05) is 6.92 Å². The molecule has 108 valence electrons. The summed E-state index contributed by atoms with van der Waals surface area (Å²) in [6.07, 6.45) is 2.05. The van der Waals surface area contributed by atoms with Crippen LogP contribution in [0.2, 0.25) is 0 Å². The van der Waals surface area contributed by atoms with Gasteiger partial charge in [-0.05, 0) is 40.5 Å². The lowest BCUT2D eigenvalue weighted by Crippen LogP contribution is -2.14. The fourth-order valence-electron chi connectivity index (χ4n) is 1.85. The highest BCUT2D eigenvalue weighted by Gasteiger charge is 2.16. The molecule has 2 aromatic rings. The van der Waals surface area contributed by atoms with Crippen molar-refractivity contribution in [3.63, 3.8) is 0 Å². The fourth-order valence-corrected chi connectivity index (χ4v) is 2.29. The lowest BCUT2D eigenvalue weighted by atomic mass is 10.1. The molecule has 0 aliphatic rings. The molecule has 0 bridgehead atoms. The van der Waals surface area contributed by atoms with Gasteiger partial charge in [-0.15, -0.1) is 0 Å². The third kappa shape index (κ3) is 3.43. The number of rotatable bonds is 4. The maximum Gasteiger partial charge on any atom is 0.275 e. The third-order valence-electron chi connectivity index (χ3n) is 2.89. The van der Waals surface area contributed by atoms with Crippen LogP contribution in [-0.4, -0.2) is 15.8 Å². The van der Waals surface area contributed by atoms with E-state index in [2.05, 4.69) is 26.2 Å². The number of aromatic nitrogens is 1. The number of halogens is 1. The first-order valence-corrected chi connectivity index (χ1v) is 7.01. The first-order valence-electron chi connectivity index (χ1n) is 6.22. The zero-order chi connectivity index (χ0) is 15.4. The Balaban J connectivity index is 2.28. The number of hydrogen-bond donors (Lipinski definition) is 1. The van der Waals surface area contributed by atoms with Gasteiger partial charge in [0.1, 0.15) is 5.69 Å². The number of carbonyl (C=O) groups is 1. The highest BCUT2D eigenvalue weighted by atomic mass is 79.9. The quantitative estimate of drug-likeness (QED) is 0.675. The number of hydrogen-bond acceptors (Lipinski definition) is 4. The van der Waals surface area contributed by atoms with E-state index >= 15 is 0 Å². The second kappa shape index (κ2) is 6.45. The molecular formula is C14H12BrN3O3. The molecule has 21 heavy (non-hydrogen) atoms. The van der Waals surface area contributed by atoms with Crippen LogP contribution in [0.25, 0.3) is 0 Å². The van der Waals surface area contributed by atoms with E-state index in [0.29, 0.717) is 22.1 Å². The number of nitro benzene ring substituents is 1. The van der Waals surface area contributed by atoms with Crippen LogP contribution in [0.4, 0.5) is 11.4 Å². The predicted octanol–water partition coefficient (Wildman–Crippen LogP) is 3.57. The highest BCUT2D eigenvalue weighted by Crippen LogP contribution is 2.24. The van der Waals surface area contributed by atoms with Crippen LogP contribution in [0.15, 0.2) is 41.0 Å². The Morgan fingerprint density at radius 1 is 1.43 bits per heavy atom. The van der Waals surface area contributed by atoms with Crippen molar-refractivity contribution in [3.8, 4) is 0 Å². The molecule has 2 rings (SSSR count). The molecule has 1 aromatic carbocycles. The number of nitrogens with zero attached hydrogens (tertiary/aromatic N) is 2. The van der Waals surface area contributed by atoms with Gasteiger partial charge < -0.3 is 5.32 Å². The van der Waals surface area contributed by atoms with Crippen LogP contribution >= 0.6 is 15.9 Å². The number of anilines is 1. The minimum Gasteiger partial charge on any atom is -0.320 e. The Morgan fingerprint density at radius 3 is 2.81 bits per heavy atom. The Kier molecular flexibility index (Phi) is 4.64. The van der Waals surface area contributed by atoms with Crippen LogP contribution < -0.4 is 5.32 Å². The average Bonchev–Trinajstić information content (AvgIpc) is 2.47. The normalized spacial score (nSPS) is 10.2. The summed E-state index contributed by atoms with van der Waals surface area (Å²) >= 11 is 3.24. The minimum absolute atomic E-state index is 0.00427. The minimum atomic E-state index is -0.453. The lowest BCUT2D eigenvalue weighted by Gasteiger charge is -2.07. The molecule has 0 atom stereocenters. The van der Waals surface area contributed by atoms with E-state index in [4.69, 9.17) is 0 Å². The Hall–Kier alpha value is -2.28. The van der Waals surface area contributed by atoms with E-state index in [1.165, 1.54) is 12.3 Å². The number of aryl methyl sites for hydroxylation is 1. The third-order valence-corrected chi connectivity index (χ3v) is 3.53. The van der Waals surface area contributed by atoms with Crippen LogP contribution in [0.3, 0.4) is 0 Å². The van der Waals surface area contributed by atoms with Crippen molar-refractivity contribution >= 4 is 33.2 Å². The number of pyridine rings is 1. The smallest absolute Gasteiger partial charge is 0.275 e. The summed E-state index contributed by atoms with van der Waals surface area (Å²) in [6.45, 7) is 1.84. The molecule has 0 radical (unpaired) electrons. The summed E-state index contributed by atoms with van der Waals surface area (Å²) in [4.78, 5) is 26.6. The molecule has 7 heteroatoms. The van der Waals surface area contributed by atoms with Crippen molar-refractivity contribution in [1.82, 2.24) is 4.98 Å². The first kappa shape index (κ1) is 15.1. The first-order chi connectivity index (χ1) is 10.0. The summed E-state index contributed by atoms with van der Waals surface area (Å²) in [5.41, 5.74) is 1.20. The van der Waals surface area contributed by atoms with Crippen LogP contribution in [0.1, 0.15) is 23.0 Å². The maximum absolute atomic E-state index is 12.1. The number of carbonyl (C=O) groups excluding carboxylic acids is 1. The van der Waals surface area contributed by atoms with Crippen molar-refractivity contribution in [3.05, 3.63) is 62.4 Å². The zero-order valence-corrected chi connectivity index (χ0v) is 12.8. The molecule has 0 saturated carbocycles. The van der Waals surface area contributed by atoms with Crippen molar-refractivity contribution in [2.24, 2.45) is 0 Å². The van der Waals surface area contributed by atoms with E-state index in [-0.39, 0.29) is 11.4 Å². The number of nitrogens with one attached hydrogen (secondary N) is 1. The molecule has 1 N–H and O–H groups in total. The van der Waals surface area contributed by atoms with Crippen molar-refractivity contribution in [1.29, 1.82) is 0 Å². The zero-order valence-electron chi connectivity index (χ0n) is 11.2. The van der Waals surface area contributed by atoms with Crippen molar-refractivity contribution < 1.29 is 9.72 Å². The predicted molar refractivity (Wildman–Crippen MR) is 82.4 cm³/mol. The van der Waals surface area contributed by atoms with Crippen molar-refractivity contribution in [2.75, 3.05) is 5.32 Å². The fraction of sp³-hybridized carbons (Fsp3) is 0.143. The van der Waals surface area contributed by atoms with E-state index in [0.717, 1.165) is 0 Å². The monoisotopic (exact) mass is 349 g/mol. The Morgan fingerprint density at radius 2 is 2.19 bits per heavy atom. The van der Waals surface area contributed by atoms with Gasteiger partial charge in [-0.1, -0.05) is 13.0 Å². The van der Waals surface area contributed by atoms with Gasteiger partial charge >= 0.3 is 0 Å². The van der Waals surface area contributed by atoms with Crippen LogP contribution in [-0.2, 0) is 6.42 Å². The molecule has 1 amide bonds. The van der Waals surface area contributed by atoms with E-state index in [9.17, 15) is 14.9 Å². The summed E-state index contributed by atoms with van der Waals surface area (Å²) in [5, 5.41) is 13.6. The van der Waals surface area contributed by atoms with E-state index in [1.54, 1.807) is 24.3 Å². The summed E-state index contributed by atoms with van der Waals surface area (Å²) in [6, 6.07) is 8.03. The molecule has 1 heterocycles. The topological polar surface area (TPSA) is 85.1 Å². The van der Waals surface area contributed by atoms with Gasteiger partial charge in [-0.2, -0.15) is 0 Å². The second-order valence-electron chi connectivity index (χ2n) is 4.24. The summed E-state index contributed by atoms with van der Waals surface area (Å²) in [7, 11) is 0. The van der Waals surface area contributed by atoms with E-state index < -0.39 is 10.8 Å². The molecule has 0 unspecified atom stereocenters. The standard InChI is InChI=1S/C14H12BrN3O3/c1-2-9-5-6-10(8-12(9)18(20)21)17-14(19)13-11(15)4-3-7-16-13/h3-8H,2H2,1H3,(H,17,19). The molecule has 6 nitrogen and oxygen atoms in total. The molecule has 0 fully saturated rings. The Labute approximate surface area is 129 Å². The maximum atomic E-state index is 12.1. The molecule has 0 saturated heterocycles. The number of nitro groups is 1. The largest absolute Gasteiger partial charge is 0.320 e. The lowest BCUT2D eigenvalue weighted by molar-refractivity contribution is -0.385. The van der Waals surface area contributed by atoms with Gasteiger partial charge in [-0.3, -0.25) is 14.9 Å². The molecule has 1 aromatic heterocycles. The Bertz CT molecular complexity index is 704. The highest BCUT2D eigenvalue weighted by molar-refractivity contribution is 9.10.